The van der Waals surface area contributed by atoms with Crippen molar-refractivity contribution in [2.75, 3.05) is 6.61 Å². The maximum Gasteiger partial charge on any atom is 0.414 e. The minimum atomic E-state index is -1.82. The lowest BCUT2D eigenvalue weighted by atomic mass is 9.92. The molecule has 17 nitrogen and oxygen atoms in total. The zero-order valence-electron chi connectivity index (χ0n) is 28.2. The van der Waals surface area contributed by atoms with Crippen molar-refractivity contribution in [1.29, 1.82) is 0 Å². The summed E-state index contributed by atoms with van der Waals surface area (Å²) in [6, 6.07) is -3.57. The Morgan fingerprint density at radius 2 is 1.43 bits per heavy atom. The molecule has 1 aliphatic rings. The summed E-state index contributed by atoms with van der Waals surface area (Å²) < 4.78 is 21.8. The molecule has 1 aliphatic heterocycles. The maximum atomic E-state index is 13.3. The van der Waals surface area contributed by atoms with Crippen LogP contribution < -0.4 is 16.0 Å². The van der Waals surface area contributed by atoms with Crippen LogP contribution in [0.2, 0.25) is 0 Å². The fraction of sp³-hybridized carbons (Fsp3) is 0.724. The van der Waals surface area contributed by atoms with E-state index >= 15 is 0 Å². The molecular weight excluding hydrogens is 610 g/mol. The third kappa shape index (κ3) is 13.1. The van der Waals surface area contributed by atoms with Crippen LogP contribution in [0.25, 0.3) is 0 Å². The number of rotatable bonds is 9. The van der Waals surface area contributed by atoms with Crippen molar-refractivity contribution in [3.05, 3.63) is 11.8 Å². The Kier molecular flexibility index (Phi) is 14.3. The SMILES string of the molecule is CC(=O)N[C@H]1[C@H]([C@H](OC(=O)N(C(C)C)C(C)C)[C@H](O)CO)OC(C(=O)O)=C[C@@H]1N=C(NC(=O)OC(C)(C)C)NC(=O)OC(C)(C)C. The van der Waals surface area contributed by atoms with Crippen molar-refractivity contribution in [2.24, 2.45) is 4.99 Å². The van der Waals surface area contributed by atoms with E-state index in [9.17, 15) is 39.3 Å². The summed E-state index contributed by atoms with van der Waals surface area (Å²) in [6.45, 7) is 16.6. The standard InChI is InChI=1S/C29H49N5O12/c1-14(2)34(15(3)4)27(42)44-21(18(37)13-35)22-20(30-16(5)36)17(12-19(43-22)23(38)39)31-24(32-25(40)45-28(6,7)8)33-26(41)46-29(9,10)11/h12,14-15,17-18,20-22,35,37H,13H2,1-11H3,(H,30,36)(H,38,39)(H2,31,32,33,40,41)/t17-,18+,20+,21+,22+/m0/s1. The summed E-state index contributed by atoms with van der Waals surface area (Å²) in [5.74, 6) is -3.55. The highest BCUT2D eigenvalue weighted by molar-refractivity contribution is 6.01. The number of alkyl carbamates (subject to hydrolysis) is 2. The van der Waals surface area contributed by atoms with E-state index in [2.05, 4.69) is 20.9 Å². The van der Waals surface area contributed by atoms with Crippen molar-refractivity contribution in [3.8, 4) is 0 Å². The number of carbonyl (C=O) groups excluding carboxylic acids is 4. The van der Waals surface area contributed by atoms with Crippen LogP contribution in [0, 0.1) is 0 Å². The molecule has 6 N–H and O–H groups in total. The van der Waals surface area contributed by atoms with E-state index in [1.165, 1.54) is 4.90 Å². The van der Waals surface area contributed by atoms with Gasteiger partial charge in [0.2, 0.25) is 17.6 Å². The molecular formula is C29H49N5O12. The number of aliphatic carboxylic acids is 1. The number of amides is 4. The molecule has 0 aliphatic carbocycles. The highest BCUT2D eigenvalue weighted by Crippen LogP contribution is 2.27. The van der Waals surface area contributed by atoms with Crippen LogP contribution in [0.15, 0.2) is 16.8 Å². The molecule has 0 aromatic carbocycles. The molecule has 46 heavy (non-hydrogen) atoms. The van der Waals surface area contributed by atoms with Crippen molar-refractivity contribution in [1.82, 2.24) is 20.9 Å². The van der Waals surface area contributed by atoms with Crippen molar-refractivity contribution in [3.63, 3.8) is 0 Å². The molecule has 0 fully saturated rings. The Labute approximate surface area is 268 Å². The molecule has 0 spiro atoms. The van der Waals surface area contributed by atoms with Gasteiger partial charge in [0.1, 0.15) is 17.3 Å². The van der Waals surface area contributed by atoms with Crippen LogP contribution in [0.4, 0.5) is 14.4 Å². The predicted octanol–water partition coefficient (Wildman–Crippen LogP) is 1.61. The fourth-order valence-corrected chi connectivity index (χ4v) is 4.33. The molecule has 262 valence electrons. The lowest BCUT2D eigenvalue weighted by molar-refractivity contribution is -0.147. The molecule has 17 heteroatoms. The quantitative estimate of drug-likeness (QED) is 0.118. The number of nitrogens with one attached hydrogen (secondary N) is 3. The van der Waals surface area contributed by atoms with Crippen LogP contribution in [0.3, 0.4) is 0 Å². The van der Waals surface area contributed by atoms with Gasteiger partial charge >= 0.3 is 24.2 Å². The highest BCUT2D eigenvalue weighted by Gasteiger charge is 2.47. The first-order valence-electron chi connectivity index (χ1n) is 14.7. The topological polar surface area (TPSA) is 235 Å². The van der Waals surface area contributed by atoms with E-state index in [4.69, 9.17) is 18.9 Å². The molecule has 0 saturated carbocycles. The molecule has 5 atom stereocenters. The Hall–Kier alpha value is -4.12. The molecule has 0 saturated heterocycles. The van der Waals surface area contributed by atoms with Crippen molar-refractivity contribution in [2.45, 2.75) is 130 Å². The molecule has 1 rings (SSSR count). The van der Waals surface area contributed by atoms with Crippen LogP contribution in [0.5, 0.6) is 0 Å². The molecule has 4 amide bonds. The lowest BCUT2D eigenvalue weighted by Crippen LogP contribution is -2.61. The van der Waals surface area contributed by atoms with E-state index in [-0.39, 0.29) is 12.1 Å². The lowest BCUT2D eigenvalue weighted by Gasteiger charge is -2.41. The van der Waals surface area contributed by atoms with E-state index in [0.29, 0.717) is 0 Å². The molecule has 0 bridgehead atoms. The van der Waals surface area contributed by atoms with Crippen LogP contribution >= 0.6 is 0 Å². The normalized spacial score (nSPS) is 19.5. The number of aliphatic hydroxyl groups excluding tert-OH is 2. The third-order valence-corrected chi connectivity index (χ3v) is 5.86. The zero-order chi connectivity index (χ0) is 35.7. The maximum absolute atomic E-state index is 13.3. The molecule has 0 aromatic rings. The number of aliphatic hydroxyl groups is 2. The summed E-state index contributed by atoms with van der Waals surface area (Å²) in [5, 5.41) is 37.6. The number of guanidine groups is 1. The molecule has 0 radical (unpaired) electrons. The highest BCUT2D eigenvalue weighted by atomic mass is 16.6. The zero-order valence-corrected chi connectivity index (χ0v) is 28.2. The summed E-state index contributed by atoms with van der Waals surface area (Å²) in [6.07, 6.45) is -7.27. The van der Waals surface area contributed by atoms with Gasteiger partial charge in [-0.05, 0) is 75.3 Å². The van der Waals surface area contributed by atoms with Crippen LogP contribution in [0.1, 0.15) is 76.2 Å². The summed E-state index contributed by atoms with van der Waals surface area (Å²) in [7, 11) is 0. The first kappa shape index (κ1) is 39.9. The second-order valence-electron chi connectivity index (χ2n) is 13.1. The Balaban J connectivity index is 3.82. The van der Waals surface area contributed by atoms with Gasteiger partial charge in [-0.3, -0.25) is 15.4 Å². The van der Waals surface area contributed by atoms with E-state index in [1.54, 1.807) is 69.2 Å². The summed E-state index contributed by atoms with van der Waals surface area (Å²) >= 11 is 0. The van der Waals surface area contributed by atoms with Gasteiger partial charge in [0.05, 0.1) is 18.7 Å². The number of hydrogen-bond donors (Lipinski definition) is 6. The average Bonchev–Trinajstić information content (AvgIpc) is 2.84. The van der Waals surface area contributed by atoms with E-state index < -0.39 is 90.1 Å². The van der Waals surface area contributed by atoms with Crippen LogP contribution in [-0.4, -0.2) is 117 Å². The summed E-state index contributed by atoms with van der Waals surface area (Å²) in [4.78, 5) is 68.8. The average molecular weight is 660 g/mol. The van der Waals surface area contributed by atoms with Gasteiger partial charge in [0.25, 0.3) is 0 Å². The van der Waals surface area contributed by atoms with Gasteiger partial charge in [-0.1, -0.05) is 0 Å². The number of nitrogens with zero attached hydrogens (tertiary/aromatic N) is 2. The van der Waals surface area contributed by atoms with E-state index in [1.807, 2.05) is 0 Å². The number of carbonyl (C=O) groups is 5. The Bertz CT molecular complexity index is 1130. The number of hydrogen-bond acceptors (Lipinski definition) is 12. The number of aliphatic imine (C=N–C) groups is 1. The van der Waals surface area contributed by atoms with Gasteiger partial charge in [-0.25, -0.2) is 24.2 Å². The van der Waals surface area contributed by atoms with Gasteiger partial charge in [0, 0.05) is 19.0 Å². The minimum Gasteiger partial charge on any atom is -0.477 e. The van der Waals surface area contributed by atoms with Crippen LogP contribution in [-0.2, 0) is 28.5 Å². The van der Waals surface area contributed by atoms with E-state index in [0.717, 1.165) is 13.0 Å². The minimum absolute atomic E-state index is 0.356. The van der Waals surface area contributed by atoms with Crippen molar-refractivity contribution >= 4 is 36.1 Å². The fourth-order valence-electron chi connectivity index (χ4n) is 4.33. The van der Waals surface area contributed by atoms with Gasteiger partial charge in [-0.15, -0.1) is 0 Å². The van der Waals surface area contributed by atoms with Gasteiger partial charge in [0.15, 0.2) is 12.2 Å². The Morgan fingerprint density at radius 3 is 1.80 bits per heavy atom. The van der Waals surface area contributed by atoms with Gasteiger partial charge < -0.3 is 44.5 Å². The smallest absolute Gasteiger partial charge is 0.414 e. The molecule has 0 aromatic heterocycles. The first-order chi connectivity index (χ1) is 20.9. The third-order valence-electron chi connectivity index (χ3n) is 5.86. The predicted molar refractivity (Wildman–Crippen MR) is 164 cm³/mol. The summed E-state index contributed by atoms with van der Waals surface area (Å²) in [5.41, 5.74) is -1.92. The Morgan fingerprint density at radius 1 is 0.957 bits per heavy atom. The number of carboxylic acid groups (broad SMARTS) is 1. The first-order valence-corrected chi connectivity index (χ1v) is 14.7. The van der Waals surface area contributed by atoms with Gasteiger partial charge in [-0.2, -0.15) is 0 Å². The largest absolute Gasteiger partial charge is 0.477 e. The second-order valence-corrected chi connectivity index (χ2v) is 13.1. The number of carboxylic acids is 1. The molecule has 0 unspecified atom stereocenters. The number of ether oxygens (including phenoxy) is 4. The second kappa shape index (κ2) is 16.4. The van der Waals surface area contributed by atoms with Crippen molar-refractivity contribution < 1.29 is 58.2 Å². The molecule has 1 heterocycles. The monoisotopic (exact) mass is 659 g/mol.